The van der Waals surface area contributed by atoms with Gasteiger partial charge >= 0.3 is 0 Å². The van der Waals surface area contributed by atoms with Gasteiger partial charge in [0, 0.05) is 20.5 Å². The third-order valence-corrected chi connectivity index (χ3v) is 3.85. The highest BCUT2D eigenvalue weighted by Gasteiger charge is 2.18. The van der Waals surface area contributed by atoms with Crippen molar-refractivity contribution in [1.29, 1.82) is 0 Å². The lowest BCUT2D eigenvalue weighted by Gasteiger charge is -2.04. The molecule has 1 aromatic heterocycles. The fraction of sp³-hybridized carbons (Fsp3) is 0. The molecule has 0 unspecified atom stereocenters. The minimum absolute atomic E-state index is 0.330. The van der Waals surface area contributed by atoms with E-state index >= 15 is 0 Å². The van der Waals surface area contributed by atoms with Gasteiger partial charge in [0.15, 0.2) is 0 Å². The van der Waals surface area contributed by atoms with Gasteiger partial charge in [0.05, 0.1) is 11.7 Å². The van der Waals surface area contributed by atoms with Crippen molar-refractivity contribution >= 4 is 46.6 Å². The molecule has 1 N–H and O–H groups in total. The molecule has 1 aromatic carbocycles. The van der Waals surface area contributed by atoms with Gasteiger partial charge in [0.25, 0.3) is 9.05 Å². The van der Waals surface area contributed by atoms with Crippen molar-refractivity contribution in [2.45, 2.75) is 4.90 Å². The molecule has 0 fully saturated rings. The minimum atomic E-state index is -3.99. The lowest BCUT2D eigenvalue weighted by molar-refractivity contribution is 0.465. The van der Waals surface area contributed by atoms with Gasteiger partial charge in [-0.1, -0.05) is 15.9 Å². The summed E-state index contributed by atoms with van der Waals surface area (Å²) in [6, 6.07) is 4.97. The summed E-state index contributed by atoms with van der Waals surface area (Å²) < 4.78 is 23.0. The summed E-state index contributed by atoms with van der Waals surface area (Å²) in [5.41, 5.74) is 0.491. The molecular formula is C9H5BrClNO3S. The van der Waals surface area contributed by atoms with Crippen LogP contribution in [0.4, 0.5) is 0 Å². The van der Waals surface area contributed by atoms with Gasteiger partial charge < -0.3 is 5.11 Å². The number of hydrogen-bond donors (Lipinski definition) is 1. The standard InChI is InChI=1S/C9H5BrClNO3S/c10-5-1-2-7-6(3-5)9(13)8(4-12-7)16(11,14)15/h1-4H,(H,12,13). The van der Waals surface area contributed by atoms with Crippen LogP contribution in [0.5, 0.6) is 5.75 Å². The second-order valence-corrected chi connectivity index (χ2v) is 6.52. The Balaban J connectivity index is 2.89. The molecule has 84 valence electrons. The highest BCUT2D eigenvalue weighted by atomic mass is 79.9. The van der Waals surface area contributed by atoms with Crippen LogP contribution in [-0.2, 0) is 9.05 Å². The fourth-order valence-corrected chi connectivity index (χ4v) is 2.53. The van der Waals surface area contributed by atoms with Crippen molar-refractivity contribution in [2.24, 2.45) is 0 Å². The first-order valence-electron chi connectivity index (χ1n) is 4.11. The molecule has 0 atom stereocenters. The summed E-state index contributed by atoms with van der Waals surface area (Å²) in [6.07, 6.45) is 1.04. The summed E-state index contributed by atoms with van der Waals surface area (Å²) in [5, 5.41) is 10.1. The van der Waals surface area contributed by atoms with E-state index in [1.54, 1.807) is 18.2 Å². The van der Waals surface area contributed by atoms with Crippen molar-refractivity contribution < 1.29 is 13.5 Å². The van der Waals surface area contributed by atoms with Gasteiger partial charge in [-0.2, -0.15) is 0 Å². The van der Waals surface area contributed by atoms with Crippen LogP contribution in [0.2, 0.25) is 0 Å². The molecule has 4 nitrogen and oxygen atoms in total. The molecule has 0 saturated heterocycles. The van der Waals surface area contributed by atoms with Crippen LogP contribution >= 0.6 is 26.6 Å². The maximum Gasteiger partial charge on any atom is 0.266 e. The first kappa shape index (κ1) is 11.6. The lowest BCUT2D eigenvalue weighted by Crippen LogP contribution is -1.93. The molecule has 0 aliphatic carbocycles. The zero-order chi connectivity index (χ0) is 11.9. The highest BCUT2D eigenvalue weighted by molar-refractivity contribution is 9.10. The van der Waals surface area contributed by atoms with Crippen molar-refractivity contribution in [3.05, 3.63) is 28.9 Å². The predicted molar refractivity (Wildman–Crippen MR) is 64.1 cm³/mol. The molecule has 0 radical (unpaired) electrons. The van der Waals surface area contributed by atoms with Crippen LogP contribution in [0.3, 0.4) is 0 Å². The highest BCUT2D eigenvalue weighted by Crippen LogP contribution is 2.33. The van der Waals surface area contributed by atoms with Crippen LogP contribution in [0.1, 0.15) is 0 Å². The van der Waals surface area contributed by atoms with E-state index in [1.807, 2.05) is 0 Å². The van der Waals surface area contributed by atoms with Gasteiger partial charge in [-0.05, 0) is 18.2 Å². The zero-order valence-electron chi connectivity index (χ0n) is 7.68. The number of hydrogen-bond acceptors (Lipinski definition) is 4. The van der Waals surface area contributed by atoms with E-state index in [0.29, 0.717) is 15.4 Å². The number of benzene rings is 1. The van der Waals surface area contributed by atoms with Crippen LogP contribution in [-0.4, -0.2) is 18.5 Å². The number of halogens is 2. The van der Waals surface area contributed by atoms with Crippen molar-refractivity contribution in [1.82, 2.24) is 4.98 Å². The van der Waals surface area contributed by atoms with Crippen LogP contribution in [0, 0.1) is 0 Å². The molecule has 0 saturated carbocycles. The lowest BCUT2D eigenvalue weighted by atomic mass is 10.2. The number of rotatable bonds is 1. The van der Waals surface area contributed by atoms with Crippen LogP contribution < -0.4 is 0 Å². The molecule has 0 aliphatic rings. The van der Waals surface area contributed by atoms with Gasteiger partial charge in [-0.3, -0.25) is 4.98 Å². The summed E-state index contributed by atoms with van der Waals surface area (Å²) in [7, 11) is 1.17. The maximum atomic E-state index is 11.1. The summed E-state index contributed by atoms with van der Waals surface area (Å²) in [4.78, 5) is 3.52. The molecular weight excluding hydrogens is 318 g/mol. The average molecular weight is 323 g/mol. The zero-order valence-corrected chi connectivity index (χ0v) is 10.8. The van der Waals surface area contributed by atoms with E-state index in [-0.39, 0.29) is 10.6 Å². The fourth-order valence-electron chi connectivity index (χ4n) is 1.31. The SMILES string of the molecule is O=S(=O)(Cl)c1cnc2ccc(Br)cc2c1O. The molecule has 0 aliphatic heterocycles. The molecule has 7 heteroatoms. The normalized spacial score (nSPS) is 11.9. The first-order valence-corrected chi connectivity index (χ1v) is 7.22. The quantitative estimate of drug-likeness (QED) is 0.820. The monoisotopic (exact) mass is 321 g/mol. The first-order chi connectivity index (χ1) is 7.39. The number of fused-ring (bicyclic) bond motifs is 1. The topological polar surface area (TPSA) is 67.3 Å². The van der Waals surface area contributed by atoms with E-state index in [2.05, 4.69) is 20.9 Å². The molecule has 2 aromatic rings. The minimum Gasteiger partial charge on any atom is -0.506 e. The Morgan fingerprint density at radius 3 is 2.69 bits per heavy atom. The molecule has 1 heterocycles. The average Bonchev–Trinajstić information content (AvgIpc) is 2.17. The van der Waals surface area contributed by atoms with E-state index in [0.717, 1.165) is 6.20 Å². The maximum absolute atomic E-state index is 11.1. The predicted octanol–water partition coefficient (Wildman–Crippen LogP) is 2.63. The Morgan fingerprint density at radius 2 is 2.06 bits per heavy atom. The van der Waals surface area contributed by atoms with E-state index in [4.69, 9.17) is 10.7 Å². The van der Waals surface area contributed by atoms with Crippen molar-refractivity contribution in [3.8, 4) is 5.75 Å². The van der Waals surface area contributed by atoms with Gasteiger partial charge in [0.1, 0.15) is 10.6 Å². The largest absolute Gasteiger partial charge is 0.506 e. The Labute approximate surface area is 104 Å². The Hall–Kier alpha value is -0.850. The Kier molecular flexibility index (Phi) is 2.81. The second-order valence-electron chi connectivity index (χ2n) is 3.07. The number of aromatic hydroxyl groups is 1. The molecule has 2 rings (SSSR count). The Morgan fingerprint density at radius 1 is 1.38 bits per heavy atom. The smallest absolute Gasteiger partial charge is 0.266 e. The van der Waals surface area contributed by atoms with E-state index in [1.165, 1.54) is 0 Å². The van der Waals surface area contributed by atoms with E-state index in [9.17, 15) is 13.5 Å². The molecule has 0 amide bonds. The molecule has 16 heavy (non-hydrogen) atoms. The molecule has 0 spiro atoms. The Bertz CT molecular complexity index is 672. The van der Waals surface area contributed by atoms with Gasteiger partial charge in [-0.15, -0.1) is 0 Å². The van der Waals surface area contributed by atoms with Gasteiger partial charge in [-0.25, -0.2) is 8.42 Å². The summed E-state index contributed by atoms with van der Waals surface area (Å²) >= 11 is 3.22. The second kappa shape index (κ2) is 3.87. The third-order valence-electron chi connectivity index (χ3n) is 2.03. The van der Waals surface area contributed by atoms with Crippen LogP contribution in [0.15, 0.2) is 33.8 Å². The third kappa shape index (κ3) is 2.00. The number of pyridine rings is 1. The van der Waals surface area contributed by atoms with Gasteiger partial charge in [0.2, 0.25) is 0 Å². The van der Waals surface area contributed by atoms with E-state index < -0.39 is 9.05 Å². The molecule has 0 bridgehead atoms. The number of aromatic nitrogens is 1. The summed E-state index contributed by atoms with van der Waals surface area (Å²) in [5.74, 6) is -0.388. The number of nitrogens with zero attached hydrogens (tertiary/aromatic N) is 1. The van der Waals surface area contributed by atoms with Crippen LogP contribution in [0.25, 0.3) is 10.9 Å². The van der Waals surface area contributed by atoms with Crippen molar-refractivity contribution in [2.75, 3.05) is 0 Å². The van der Waals surface area contributed by atoms with Crippen molar-refractivity contribution in [3.63, 3.8) is 0 Å². The summed E-state index contributed by atoms with van der Waals surface area (Å²) in [6.45, 7) is 0.